The van der Waals surface area contributed by atoms with Crippen LogP contribution in [0.4, 0.5) is 11.5 Å². The van der Waals surface area contributed by atoms with Crippen LogP contribution in [0.25, 0.3) is 0 Å². The average Bonchev–Trinajstić information content (AvgIpc) is 3.21. The molecule has 0 unspecified atom stereocenters. The summed E-state index contributed by atoms with van der Waals surface area (Å²) in [5, 5.41) is 6.05. The van der Waals surface area contributed by atoms with Crippen LogP contribution in [0.1, 0.15) is 19.3 Å². The molecule has 1 aliphatic rings. The number of carbonyl (C=O) groups excluding carboxylic acids is 1. The van der Waals surface area contributed by atoms with Crippen molar-refractivity contribution in [1.82, 2.24) is 4.98 Å². The zero-order chi connectivity index (χ0) is 12.8. The minimum absolute atomic E-state index is 0.109. The van der Waals surface area contributed by atoms with Gasteiger partial charge in [-0.3, -0.25) is 4.79 Å². The molecule has 5 heteroatoms. The van der Waals surface area contributed by atoms with Crippen molar-refractivity contribution < 1.29 is 9.53 Å². The van der Waals surface area contributed by atoms with E-state index in [1.165, 1.54) is 0 Å². The number of rotatable bonds is 7. The van der Waals surface area contributed by atoms with E-state index in [-0.39, 0.29) is 11.8 Å². The zero-order valence-corrected chi connectivity index (χ0v) is 10.6. The lowest BCUT2D eigenvalue weighted by Gasteiger charge is -2.07. The van der Waals surface area contributed by atoms with E-state index in [2.05, 4.69) is 15.6 Å². The van der Waals surface area contributed by atoms with Crippen molar-refractivity contribution in [2.45, 2.75) is 19.3 Å². The third-order valence-corrected chi connectivity index (χ3v) is 2.81. The van der Waals surface area contributed by atoms with Crippen molar-refractivity contribution in [3.05, 3.63) is 18.3 Å². The first-order valence-corrected chi connectivity index (χ1v) is 6.29. The number of pyridine rings is 1. The van der Waals surface area contributed by atoms with E-state index in [1.54, 1.807) is 13.3 Å². The lowest BCUT2D eigenvalue weighted by molar-refractivity contribution is -0.117. The molecule has 0 saturated heterocycles. The lowest BCUT2D eigenvalue weighted by Crippen LogP contribution is -2.13. The van der Waals surface area contributed by atoms with Crippen LogP contribution >= 0.6 is 0 Å². The summed E-state index contributed by atoms with van der Waals surface area (Å²) in [5.74, 6) is 1.14. The lowest BCUT2D eigenvalue weighted by atomic mass is 10.3. The van der Waals surface area contributed by atoms with Gasteiger partial charge >= 0.3 is 0 Å². The first-order valence-electron chi connectivity index (χ1n) is 6.29. The van der Waals surface area contributed by atoms with Crippen LogP contribution in [0.3, 0.4) is 0 Å². The van der Waals surface area contributed by atoms with Crippen molar-refractivity contribution in [3.63, 3.8) is 0 Å². The van der Waals surface area contributed by atoms with Gasteiger partial charge in [0.05, 0.1) is 11.9 Å². The highest BCUT2D eigenvalue weighted by molar-refractivity contribution is 5.93. The summed E-state index contributed by atoms with van der Waals surface area (Å²) < 4.78 is 4.96. The van der Waals surface area contributed by atoms with Gasteiger partial charge in [-0.2, -0.15) is 0 Å². The number of hydrogen-bond donors (Lipinski definition) is 2. The fraction of sp³-hybridized carbons (Fsp3) is 0.538. The second-order valence-electron chi connectivity index (χ2n) is 4.47. The Labute approximate surface area is 107 Å². The molecule has 0 atom stereocenters. The fourth-order valence-electron chi connectivity index (χ4n) is 1.60. The normalized spacial score (nSPS) is 14.3. The van der Waals surface area contributed by atoms with E-state index in [0.717, 1.165) is 43.9 Å². The maximum absolute atomic E-state index is 11.5. The second-order valence-corrected chi connectivity index (χ2v) is 4.47. The third kappa shape index (κ3) is 4.00. The molecule has 1 aromatic heterocycles. The van der Waals surface area contributed by atoms with Crippen molar-refractivity contribution in [2.75, 3.05) is 30.9 Å². The van der Waals surface area contributed by atoms with E-state index in [4.69, 9.17) is 4.74 Å². The van der Waals surface area contributed by atoms with Gasteiger partial charge in [0.15, 0.2) is 0 Å². The molecule has 2 rings (SSSR count). The molecule has 5 nitrogen and oxygen atoms in total. The Balaban J connectivity index is 1.75. The highest BCUT2D eigenvalue weighted by Gasteiger charge is 2.29. The molecule has 0 aromatic carbocycles. The first kappa shape index (κ1) is 12.8. The van der Waals surface area contributed by atoms with E-state index >= 15 is 0 Å². The van der Waals surface area contributed by atoms with Crippen LogP contribution in [-0.2, 0) is 9.53 Å². The minimum atomic E-state index is 0.109. The van der Waals surface area contributed by atoms with Crippen molar-refractivity contribution >= 4 is 17.4 Å². The monoisotopic (exact) mass is 249 g/mol. The number of methoxy groups -OCH3 is 1. The SMILES string of the molecule is COCCCNc1ccc(NC(=O)C2CC2)cn1. The van der Waals surface area contributed by atoms with Gasteiger partial charge in [-0.15, -0.1) is 0 Å². The van der Waals surface area contributed by atoms with E-state index in [9.17, 15) is 4.79 Å². The molecule has 2 N–H and O–H groups in total. The van der Waals surface area contributed by atoms with Gasteiger partial charge in [0, 0.05) is 26.2 Å². The Morgan fingerprint density at radius 1 is 1.50 bits per heavy atom. The topological polar surface area (TPSA) is 63.2 Å². The summed E-state index contributed by atoms with van der Waals surface area (Å²) in [6.07, 6.45) is 4.65. The summed E-state index contributed by atoms with van der Waals surface area (Å²) in [7, 11) is 1.69. The van der Waals surface area contributed by atoms with Gasteiger partial charge in [-0.05, 0) is 31.4 Å². The smallest absolute Gasteiger partial charge is 0.227 e. The Morgan fingerprint density at radius 2 is 2.33 bits per heavy atom. The molecule has 1 fully saturated rings. The van der Waals surface area contributed by atoms with Crippen molar-refractivity contribution in [1.29, 1.82) is 0 Å². The molecule has 0 aliphatic heterocycles. The number of aromatic nitrogens is 1. The molecule has 0 radical (unpaired) electrons. The van der Waals surface area contributed by atoms with Crippen LogP contribution in [0.5, 0.6) is 0 Å². The molecular weight excluding hydrogens is 230 g/mol. The number of nitrogens with one attached hydrogen (secondary N) is 2. The fourth-order valence-corrected chi connectivity index (χ4v) is 1.60. The maximum atomic E-state index is 11.5. The molecule has 1 amide bonds. The standard InChI is InChI=1S/C13H19N3O2/c1-18-8-2-7-14-12-6-5-11(9-15-12)16-13(17)10-3-4-10/h5-6,9-10H,2-4,7-8H2,1H3,(H,14,15)(H,16,17). The van der Waals surface area contributed by atoms with Crippen LogP contribution in [0.15, 0.2) is 18.3 Å². The Kier molecular flexibility index (Phi) is 4.52. The molecule has 1 aliphatic carbocycles. The summed E-state index contributed by atoms with van der Waals surface area (Å²) in [6, 6.07) is 3.74. The van der Waals surface area contributed by atoms with E-state index < -0.39 is 0 Å². The van der Waals surface area contributed by atoms with Gasteiger partial charge < -0.3 is 15.4 Å². The second kappa shape index (κ2) is 6.35. The van der Waals surface area contributed by atoms with Crippen LogP contribution in [-0.4, -0.2) is 31.2 Å². The number of nitrogens with zero attached hydrogens (tertiary/aromatic N) is 1. The Morgan fingerprint density at radius 3 is 2.94 bits per heavy atom. The van der Waals surface area contributed by atoms with Gasteiger partial charge in [-0.25, -0.2) is 4.98 Å². The number of amides is 1. The Hall–Kier alpha value is -1.62. The van der Waals surface area contributed by atoms with Crippen molar-refractivity contribution in [3.8, 4) is 0 Å². The number of ether oxygens (including phenoxy) is 1. The predicted octanol–water partition coefficient (Wildman–Crippen LogP) is 1.88. The molecular formula is C13H19N3O2. The van der Waals surface area contributed by atoms with Crippen LogP contribution in [0.2, 0.25) is 0 Å². The highest BCUT2D eigenvalue weighted by atomic mass is 16.5. The summed E-state index contributed by atoms with van der Waals surface area (Å²) in [6.45, 7) is 1.57. The van der Waals surface area contributed by atoms with Crippen molar-refractivity contribution in [2.24, 2.45) is 5.92 Å². The molecule has 0 spiro atoms. The summed E-state index contributed by atoms with van der Waals surface area (Å²) >= 11 is 0. The molecule has 18 heavy (non-hydrogen) atoms. The van der Waals surface area contributed by atoms with Gasteiger partial charge in [0.1, 0.15) is 5.82 Å². The largest absolute Gasteiger partial charge is 0.385 e. The maximum Gasteiger partial charge on any atom is 0.227 e. The van der Waals surface area contributed by atoms with E-state index in [0.29, 0.717) is 0 Å². The number of hydrogen-bond acceptors (Lipinski definition) is 4. The quantitative estimate of drug-likeness (QED) is 0.724. The number of carbonyl (C=O) groups is 1. The van der Waals surface area contributed by atoms with Crippen LogP contribution < -0.4 is 10.6 Å². The molecule has 98 valence electrons. The van der Waals surface area contributed by atoms with Gasteiger partial charge in [-0.1, -0.05) is 0 Å². The summed E-state index contributed by atoms with van der Waals surface area (Å²) in [4.78, 5) is 15.8. The molecule has 1 saturated carbocycles. The Bertz CT molecular complexity index is 388. The van der Waals surface area contributed by atoms with Crippen LogP contribution in [0, 0.1) is 5.92 Å². The predicted molar refractivity (Wildman–Crippen MR) is 70.6 cm³/mol. The zero-order valence-electron chi connectivity index (χ0n) is 10.6. The minimum Gasteiger partial charge on any atom is -0.385 e. The average molecular weight is 249 g/mol. The van der Waals surface area contributed by atoms with Gasteiger partial charge in [0.25, 0.3) is 0 Å². The summed E-state index contributed by atoms with van der Waals surface area (Å²) in [5.41, 5.74) is 0.759. The molecule has 1 aromatic rings. The first-order chi connectivity index (χ1) is 8.79. The highest BCUT2D eigenvalue weighted by Crippen LogP contribution is 2.30. The van der Waals surface area contributed by atoms with Gasteiger partial charge in [0.2, 0.25) is 5.91 Å². The van der Waals surface area contributed by atoms with E-state index in [1.807, 2.05) is 12.1 Å². The molecule has 1 heterocycles. The molecule has 0 bridgehead atoms. The third-order valence-electron chi connectivity index (χ3n) is 2.81. The number of anilines is 2.